The molecular formula is C14H24N2O5. The van der Waals surface area contributed by atoms with Crippen LogP contribution in [0.4, 0.5) is 4.79 Å². The number of carbonyl (C=O) groups is 2. The van der Waals surface area contributed by atoms with E-state index in [1.165, 1.54) is 0 Å². The van der Waals surface area contributed by atoms with E-state index in [4.69, 9.17) is 9.47 Å². The summed E-state index contributed by atoms with van der Waals surface area (Å²) in [4.78, 5) is 25.5. The van der Waals surface area contributed by atoms with Crippen LogP contribution in [0, 0.1) is 5.92 Å². The molecule has 2 saturated heterocycles. The largest absolute Gasteiger partial charge is 0.481 e. The number of rotatable bonds is 5. The molecule has 3 unspecified atom stereocenters. The zero-order valence-corrected chi connectivity index (χ0v) is 12.6. The number of hydrogen-bond donors (Lipinski definition) is 2. The van der Waals surface area contributed by atoms with Crippen molar-refractivity contribution in [3.63, 3.8) is 0 Å². The van der Waals surface area contributed by atoms with Crippen LogP contribution in [-0.4, -0.2) is 66.6 Å². The first-order valence-corrected chi connectivity index (χ1v) is 7.44. The summed E-state index contributed by atoms with van der Waals surface area (Å²) < 4.78 is 10.6. The highest BCUT2D eigenvalue weighted by atomic mass is 16.5. The number of hydrogen-bond acceptors (Lipinski definition) is 4. The third kappa shape index (κ3) is 3.65. The highest BCUT2D eigenvalue weighted by Gasteiger charge is 2.41. The predicted molar refractivity (Wildman–Crippen MR) is 75.1 cm³/mol. The van der Waals surface area contributed by atoms with Gasteiger partial charge in [0.25, 0.3) is 0 Å². The van der Waals surface area contributed by atoms with Crippen LogP contribution >= 0.6 is 0 Å². The summed E-state index contributed by atoms with van der Waals surface area (Å²) in [6.07, 6.45) is 1.53. The lowest BCUT2D eigenvalue weighted by Crippen LogP contribution is -2.56. The van der Waals surface area contributed by atoms with E-state index < -0.39 is 17.9 Å². The molecule has 2 fully saturated rings. The van der Waals surface area contributed by atoms with Crippen molar-refractivity contribution < 1.29 is 24.2 Å². The number of urea groups is 1. The van der Waals surface area contributed by atoms with E-state index in [9.17, 15) is 14.7 Å². The molecule has 0 bridgehead atoms. The van der Waals surface area contributed by atoms with Crippen LogP contribution in [0.5, 0.6) is 0 Å². The Morgan fingerprint density at radius 1 is 1.38 bits per heavy atom. The van der Waals surface area contributed by atoms with Crippen LogP contribution in [0.15, 0.2) is 0 Å². The maximum Gasteiger partial charge on any atom is 0.318 e. The van der Waals surface area contributed by atoms with Crippen molar-refractivity contribution in [3.8, 4) is 0 Å². The van der Waals surface area contributed by atoms with Gasteiger partial charge in [-0.05, 0) is 19.8 Å². The van der Waals surface area contributed by atoms with Crippen LogP contribution in [0.25, 0.3) is 0 Å². The van der Waals surface area contributed by atoms with Gasteiger partial charge < -0.3 is 24.8 Å². The third-order valence-corrected chi connectivity index (χ3v) is 4.12. The molecule has 2 amide bonds. The van der Waals surface area contributed by atoms with E-state index >= 15 is 0 Å². The van der Waals surface area contributed by atoms with Gasteiger partial charge in [-0.25, -0.2) is 4.79 Å². The van der Waals surface area contributed by atoms with E-state index in [0.29, 0.717) is 19.8 Å². The smallest absolute Gasteiger partial charge is 0.318 e. The van der Waals surface area contributed by atoms with Crippen LogP contribution in [-0.2, 0) is 14.3 Å². The van der Waals surface area contributed by atoms with Crippen LogP contribution in [0.3, 0.4) is 0 Å². The second-order valence-electron chi connectivity index (χ2n) is 6.04. The Morgan fingerprint density at radius 3 is 2.71 bits per heavy atom. The van der Waals surface area contributed by atoms with Crippen molar-refractivity contribution in [1.29, 1.82) is 0 Å². The maximum absolute atomic E-state index is 12.6. The molecule has 0 aromatic heterocycles. The number of amides is 2. The fourth-order valence-electron chi connectivity index (χ4n) is 2.84. The van der Waals surface area contributed by atoms with Gasteiger partial charge in [-0.15, -0.1) is 0 Å². The number of carboxylic acids is 1. The first-order chi connectivity index (χ1) is 9.97. The molecule has 21 heavy (non-hydrogen) atoms. The number of ether oxygens (including phenoxy) is 2. The minimum Gasteiger partial charge on any atom is -0.481 e. The van der Waals surface area contributed by atoms with Gasteiger partial charge in [0, 0.05) is 13.2 Å². The lowest BCUT2D eigenvalue weighted by Gasteiger charge is -2.34. The number of carbonyl (C=O) groups excluding carboxylic acids is 1. The van der Waals surface area contributed by atoms with Crippen molar-refractivity contribution >= 4 is 12.0 Å². The van der Waals surface area contributed by atoms with Gasteiger partial charge in [0.15, 0.2) is 0 Å². The third-order valence-electron chi connectivity index (χ3n) is 4.12. The lowest BCUT2D eigenvalue weighted by molar-refractivity contribution is -0.142. The molecule has 0 spiro atoms. The minimum atomic E-state index is -0.915. The number of nitrogens with zero attached hydrogens (tertiary/aromatic N) is 1. The topological polar surface area (TPSA) is 88.1 Å². The van der Waals surface area contributed by atoms with Crippen molar-refractivity contribution in [2.24, 2.45) is 5.92 Å². The Bertz CT molecular complexity index is 395. The van der Waals surface area contributed by atoms with E-state index in [1.807, 2.05) is 13.8 Å². The molecule has 2 aliphatic rings. The quantitative estimate of drug-likeness (QED) is 0.780. The summed E-state index contributed by atoms with van der Waals surface area (Å²) in [5.41, 5.74) is -0.374. The summed E-state index contributed by atoms with van der Waals surface area (Å²) >= 11 is 0. The summed E-state index contributed by atoms with van der Waals surface area (Å²) in [6.45, 7) is 5.98. The molecule has 2 N–H and O–H groups in total. The second kappa shape index (κ2) is 6.62. The summed E-state index contributed by atoms with van der Waals surface area (Å²) in [5, 5.41) is 12.2. The Labute approximate surface area is 124 Å². The normalized spacial score (nSPS) is 32.1. The SMILES string of the molecule is CCCN(C(=O)NC1(C)CCOC1)C1COCC1C(=O)O. The van der Waals surface area contributed by atoms with Gasteiger partial charge in [-0.3, -0.25) is 4.79 Å². The molecule has 0 radical (unpaired) electrons. The van der Waals surface area contributed by atoms with Crippen LogP contribution in [0.1, 0.15) is 26.7 Å². The maximum atomic E-state index is 12.6. The standard InChI is InChI=1S/C14H24N2O5/c1-3-5-16(11-8-21-7-10(11)12(17)18)13(19)15-14(2)4-6-20-9-14/h10-11H,3-9H2,1-2H3,(H,15,19)(H,17,18). The number of nitrogens with one attached hydrogen (secondary N) is 1. The molecule has 0 aliphatic carbocycles. The molecule has 7 heteroatoms. The number of aliphatic carboxylic acids is 1. The first-order valence-electron chi connectivity index (χ1n) is 7.44. The Morgan fingerprint density at radius 2 is 2.14 bits per heavy atom. The molecule has 2 rings (SSSR count). The van der Waals surface area contributed by atoms with E-state index in [0.717, 1.165) is 12.8 Å². The summed E-state index contributed by atoms with van der Waals surface area (Å²) in [7, 11) is 0. The van der Waals surface area contributed by atoms with Crippen molar-refractivity contribution in [3.05, 3.63) is 0 Å². The van der Waals surface area contributed by atoms with Gasteiger partial charge in [0.1, 0.15) is 5.92 Å². The second-order valence-corrected chi connectivity index (χ2v) is 6.04. The predicted octanol–water partition coefficient (Wildman–Crippen LogP) is 0.687. The average Bonchev–Trinajstić information content (AvgIpc) is 3.04. The van der Waals surface area contributed by atoms with E-state index in [2.05, 4.69) is 5.32 Å². The van der Waals surface area contributed by atoms with Crippen LogP contribution < -0.4 is 5.32 Å². The van der Waals surface area contributed by atoms with Gasteiger partial charge >= 0.3 is 12.0 Å². The number of carboxylic acid groups (broad SMARTS) is 1. The molecule has 3 atom stereocenters. The van der Waals surface area contributed by atoms with E-state index in [1.54, 1.807) is 4.90 Å². The molecular weight excluding hydrogens is 276 g/mol. The lowest BCUT2D eigenvalue weighted by atomic mass is 10.0. The van der Waals surface area contributed by atoms with E-state index in [-0.39, 0.29) is 24.8 Å². The highest BCUT2D eigenvalue weighted by molar-refractivity contribution is 5.78. The Kier molecular flexibility index (Phi) is 5.05. The molecule has 2 heterocycles. The van der Waals surface area contributed by atoms with Crippen LogP contribution in [0.2, 0.25) is 0 Å². The molecule has 2 aliphatic heterocycles. The van der Waals surface area contributed by atoms with Crippen molar-refractivity contribution in [2.45, 2.75) is 38.3 Å². The minimum absolute atomic E-state index is 0.161. The first kappa shape index (κ1) is 16.0. The zero-order valence-electron chi connectivity index (χ0n) is 12.6. The van der Waals surface area contributed by atoms with Crippen molar-refractivity contribution in [1.82, 2.24) is 10.2 Å². The van der Waals surface area contributed by atoms with Gasteiger partial charge in [0.05, 0.1) is 31.4 Å². The average molecular weight is 300 g/mol. The monoisotopic (exact) mass is 300 g/mol. The fraction of sp³-hybridized carbons (Fsp3) is 0.857. The molecule has 120 valence electrons. The summed E-state index contributed by atoms with van der Waals surface area (Å²) in [5.74, 6) is -1.57. The molecule has 0 saturated carbocycles. The van der Waals surface area contributed by atoms with Gasteiger partial charge in [-0.2, -0.15) is 0 Å². The highest BCUT2D eigenvalue weighted by Crippen LogP contribution is 2.23. The molecule has 0 aromatic rings. The molecule has 0 aromatic carbocycles. The van der Waals surface area contributed by atoms with Crippen molar-refractivity contribution in [2.75, 3.05) is 33.0 Å². The Balaban J connectivity index is 2.06. The van der Waals surface area contributed by atoms with Gasteiger partial charge in [-0.1, -0.05) is 6.92 Å². The van der Waals surface area contributed by atoms with Gasteiger partial charge in [0.2, 0.25) is 0 Å². The zero-order chi connectivity index (χ0) is 15.5. The molecule has 7 nitrogen and oxygen atoms in total. The Hall–Kier alpha value is -1.34. The summed E-state index contributed by atoms with van der Waals surface area (Å²) in [6, 6.07) is -0.639. The fourth-order valence-corrected chi connectivity index (χ4v) is 2.84.